The van der Waals surface area contributed by atoms with Crippen molar-refractivity contribution in [3.63, 3.8) is 0 Å². The van der Waals surface area contributed by atoms with E-state index in [0.717, 1.165) is 13.1 Å². The van der Waals surface area contributed by atoms with Crippen molar-refractivity contribution in [3.8, 4) is 0 Å². The van der Waals surface area contributed by atoms with Gasteiger partial charge in [-0.05, 0) is 20.4 Å². The third kappa shape index (κ3) is 6.54. The number of amides is 1. The van der Waals surface area contributed by atoms with Gasteiger partial charge in [-0.25, -0.2) is 0 Å². The molecule has 0 aromatic rings. The lowest BCUT2D eigenvalue weighted by molar-refractivity contribution is -0.122. The zero-order chi connectivity index (χ0) is 10.3. The smallest absolute Gasteiger partial charge is 0.234 e. The molecule has 0 fully saturated rings. The number of carbonyl (C=O) groups excluding carboxylic acids is 1. The van der Waals surface area contributed by atoms with Gasteiger partial charge in [0.15, 0.2) is 0 Å². The van der Waals surface area contributed by atoms with Crippen LogP contribution in [0.4, 0.5) is 0 Å². The summed E-state index contributed by atoms with van der Waals surface area (Å²) in [7, 11) is 0. The first-order valence-electron chi connectivity index (χ1n) is 4.82. The maximum atomic E-state index is 11.3. The maximum absolute atomic E-state index is 11.3. The summed E-state index contributed by atoms with van der Waals surface area (Å²) in [5.41, 5.74) is 5.41. The number of rotatable bonds is 6. The van der Waals surface area contributed by atoms with Gasteiger partial charge in [-0.1, -0.05) is 6.92 Å². The summed E-state index contributed by atoms with van der Waals surface area (Å²) >= 11 is 0. The first kappa shape index (κ1) is 12.4. The Labute approximate surface area is 80.5 Å². The van der Waals surface area contributed by atoms with E-state index in [-0.39, 0.29) is 11.9 Å². The highest BCUT2D eigenvalue weighted by Gasteiger charge is 2.08. The van der Waals surface area contributed by atoms with Crippen molar-refractivity contribution in [2.75, 3.05) is 26.2 Å². The Bertz CT molecular complexity index is 148. The molecule has 0 aromatic carbocycles. The van der Waals surface area contributed by atoms with E-state index in [2.05, 4.69) is 5.32 Å². The van der Waals surface area contributed by atoms with Crippen molar-refractivity contribution in [1.82, 2.24) is 10.2 Å². The first-order valence-corrected chi connectivity index (χ1v) is 4.82. The van der Waals surface area contributed by atoms with Crippen LogP contribution in [0.2, 0.25) is 0 Å². The zero-order valence-electron chi connectivity index (χ0n) is 8.84. The molecule has 4 nitrogen and oxygen atoms in total. The van der Waals surface area contributed by atoms with Gasteiger partial charge in [0.05, 0.1) is 6.54 Å². The molecule has 3 N–H and O–H groups in total. The maximum Gasteiger partial charge on any atom is 0.234 e. The standard InChI is InChI=1S/C9H21N3O/c1-4-12(6-5-10)7-9(13)11-8(2)3/h8H,4-7,10H2,1-3H3,(H,11,13). The van der Waals surface area contributed by atoms with Crippen LogP contribution in [0.15, 0.2) is 0 Å². The molecule has 13 heavy (non-hydrogen) atoms. The highest BCUT2D eigenvalue weighted by molar-refractivity contribution is 5.78. The normalized spacial score (nSPS) is 10.9. The number of likely N-dealkylation sites (N-methyl/N-ethyl adjacent to an activating group) is 1. The number of carbonyl (C=O) groups is 1. The fraction of sp³-hybridized carbons (Fsp3) is 0.889. The van der Waals surface area contributed by atoms with E-state index in [9.17, 15) is 4.79 Å². The van der Waals surface area contributed by atoms with Gasteiger partial charge in [-0.15, -0.1) is 0 Å². The van der Waals surface area contributed by atoms with E-state index >= 15 is 0 Å². The highest BCUT2D eigenvalue weighted by Crippen LogP contribution is 1.86. The van der Waals surface area contributed by atoms with E-state index in [0.29, 0.717) is 13.1 Å². The number of hydrogen-bond donors (Lipinski definition) is 2. The summed E-state index contributed by atoms with van der Waals surface area (Å²) < 4.78 is 0. The van der Waals surface area contributed by atoms with E-state index in [4.69, 9.17) is 5.73 Å². The van der Waals surface area contributed by atoms with Crippen molar-refractivity contribution in [2.24, 2.45) is 5.73 Å². The van der Waals surface area contributed by atoms with Crippen molar-refractivity contribution in [2.45, 2.75) is 26.8 Å². The van der Waals surface area contributed by atoms with Crippen LogP contribution in [-0.4, -0.2) is 43.0 Å². The van der Waals surface area contributed by atoms with Gasteiger partial charge in [-0.3, -0.25) is 9.69 Å². The molecule has 0 aliphatic carbocycles. The summed E-state index contributed by atoms with van der Waals surface area (Å²) in [5.74, 6) is 0.0744. The molecule has 0 aromatic heterocycles. The van der Waals surface area contributed by atoms with Gasteiger partial charge in [-0.2, -0.15) is 0 Å². The number of nitrogens with zero attached hydrogens (tertiary/aromatic N) is 1. The van der Waals surface area contributed by atoms with Gasteiger partial charge in [0.1, 0.15) is 0 Å². The lowest BCUT2D eigenvalue weighted by atomic mass is 10.3. The molecule has 0 bridgehead atoms. The summed E-state index contributed by atoms with van der Waals surface area (Å²) in [6.45, 7) is 8.63. The molecule has 0 saturated heterocycles. The van der Waals surface area contributed by atoms with Crippen LogP contribution < -0.4 is 11.1 Å². The molecule has 0 unspecified atom stereocenters. The quantitative estimate of drug-likeness (QED) is 0.605. The van der Waals surface area contributed by atoms with Crippen LogP contribution in [0.3, 0.4) is 0 Å². The molecular weight excluding hydrogens is 166 g/mol. The van der Waals surface area contributed by atoms with Gasteiger partial charge < -0.3 is 11.1 Å². The second kappa shape index (κ2) is 6.86. The predicted molar refractivity (Wildman–Crippen MR) is 54.4 cm³/mol. The topological polar surface area (TPSA) is 58.4 Å². The van der Waals surface area contributed by atoms with E-state index in [1.807, 2.05) is 25.7 Å². The van der Waals surface area contributed by atoms with E-state index in [1.165, 1.54) is 0 Å². The van der Waals surface area contributed by atoms with Crippen LogP contribution in [0.5, 0.6) is 0 Å². The Kier molecular flexibility index (Phi) is 6.54. The summed E-state index contributed by atoms with van der Waals surface area (Å²) in [4.78, 5) is 13.3. The molecule has 0 atom stereocenters. The average molecular weight is 187 g/mol. The predicted octanol–water partition coefficient (Wildman–Crippen LogP) is -0.208. The zero-order valence-corrected chi connectivity index (χ0v) is 8.84. The Balaban J connectivity index is 3.73. The fourth-order valence-electron chi connectivity index (χ4n) is 1.10. The van der Waals surface area contributed by atoms with Crippen LogP contribution in [-0.2, 0) is 4.79 Å². The molecular formula is C9H21N3O. The van der Waals surface area contributed by atoms with E-state index in [1.54, 1.807) is 0 Å². The van der Waals surface area contributed by atoms with Gasteiger partial charge in [0, 0.05) is 19.1 Å². The molecule has 78 valence electrons. The molecule has 0 radical (unpaired) electrons. The number of nitrogens with one attached hydrogen (secondary N) is 1. The SMILES string of the molecule is CCN(CCN)CC(=O)NC(C)C. The van der Waals surface area contributed by atoms with E-state index < -0.39 is 0 Å². The molecule has 0 aliphatic heterocycles. The summed E-state index contributed by atoms with van der Waals surface area (Å²) in [5, 5.41) is 2.84. The molecule has 1 amide bonds. The largest absolute Gasteiger partial charge is 0.353 e. The summed E-state index contributed by atoms with van der Waals surface area (Å²) in [6, 6.07) is 0.212. The molecule has 0 rings (SSSR count). The highest BCUT2D eigenvalue weighted by atomic mass is 16.2. The Morgan fingerprint density at radius 3 is 2.54 bits per heavy atom. The van der Waals surface area contributed by atoms with Gasteiger partial charge in [0.2, 0.25) is 5.91 Å². The van der Waals surface area contributed by atoms with Gasteiger partial charge in [0.25, 0.3) is 0 Å². The lowest BCUT2D eigenvalue weighted by Gasteiger charge is -2.19. The average Bonchev–Trinajstić information content (AvgIpc) is 2.02. The van der Waals surface area contributed by atoms with Crippen molar-refractivity contribution >= 4 is 5.91 Å². The molecule has 4 heteroatoms. The number of hydrogen-bond acceptors (Lipinski definition) is 3. The Morgan fingerprint density at radius 1 is 1.54 bits per heavy atom. The van der Waals surface area contributed by atoms with Crippen molar-refractivity contribution in [3.05, 3.63) is 0 Å². The Morgan fingerprint density at radius 2 is 2.15 bits per heavy atom. The molecule has 0 aliphatic rings. The minimum Gasteiger partial charge on any atom is -0.353 e. The monoisotopic (exact) mass is 187 g/mol. The van der Waals surface area contributed by atoms with Crippen molar-refractivity contribution in [1.29, 1.82) is 0 Å². The minimum absolute atomic E-state index is 0.0744. The first-order chi connectivity index (χ1) is 6.10. The minimum atomic E-state index is 0.0744. The molecule has 0 saturated carbocycles. The second-order valence-corrected chi connectivity index (χ2v) is 3.38. The molecule has 0 spiro atoms. The lowest BCUT2D eigenvalue weighted by Crippen LogP contribution is -2.41. The van der Waals surface area contributed by atoms with Crippen molar-refractivity contribution < 1.29 is 4.79 Å². The number of nitrogens with two attached hydrogens (primary N) is 1. The second-order valence-electron chi connectivity index (χ2n) is 3.38. The van der Waals surface area contributed by atoms with Crippen LogP contribution >= 0.6 is 0 Å². The third-order valence-electron chi connectivity index (χ3n) is 1.71. The fourth-order valence-corrected chi connectivity index (χ4v) is 1.10. The third-order valence-corrected chi connectivity index (χ3v) is 1.71. The van der Waals surface area contributed by atoms with Gasteiger partial charge >= 0.3 is 0 Å². The van der Waals surface area contributed by atoms with Crippen LogP contribution in [0, 0.1) is 0 Å². The van der Waals surface area contributed by atoms with Crippen LogP contribution in [0.1, 0.15) is 20.8 Å². The molecule has 0 heterocycles. The van der Waals surface area contributed by atoms with Crippen LogP contribution in [0.25, 0.3) is 0 Å². The summed E-state index contributed by atoms with van der Waals surface area (Å²) in [6.07, 6.45) is 0. The Hall–Kier alpha value is -0.610.